The third-order valence-corrected chi connectivity index (χ3v) is 18.6. The summed E-state index contributed by atoms with van der Waals surface area (Å²) in [5.41, 5.74) is 20.5. The van der Waals surface area contributed by atoms with Gasteiger partial charge in [-0.1, -0.05) is 127 Å². The van der Waals surface area contributed by atoms with Crippen molar-refractivity contribution in [3.8, 4) is 102 Å². The minimum absolute atomic E-state index is 0.00463. The van der Waals surface area contributed by atoms with E-state index in [1.165, 1.54) is 14.7 Å². The highest BCUT2D eigenvalue weighted by Gasteiger charge is 2.25. The van der Waals surface area contributed by atoms with E-state index in [0.29, 0.717) is 90.6 Å². The van der Waals surface area contributed by atoms with E-state index in [2.05, 4.69) is 51.2 Å². The van der Waals surface area contributed by atoms with Gasteiger partial charge < -0.3 is 41.7 Å². The summed E-state index contributed by atoms with van der Waals surface area (Å²) in [4.78, 5) is 156. The minimum atomic E-state index is -0.789. The van der Waals surface area contributed by atoms with E-state index in [-0.39, 0.29) is 64.4 Å². The van der Waals surface area contributed by atoms with Crippen LogP contribution in [0, 0.1) is 0 Å². The predicted molar refractivity (Wildman–Crippen MR) is 436 cm³/mol. The number of primary amides is 1. The van der Waals surface area contributed by atoms with Crippen molar-refractivity contribution in [2.75, 3.05) is 65.4 Å². The Balaban J connectivity index is 0.706. The average molecular weight is 1530 g/mol. The number of rotatable bonds is 33. The Morgan fingerprint density at radius 2 is 0.539 bits per heavy atom. The molecule has 8 amide bonds. The van der Waals surface area contributed by atoms with Crippen LogP contribution in [0.5, 0.6) is 0 Å². The van der Waals surface area contributed by atoms with Gasteiger partial charge >= 0.3 is 0 Å². The molecular weight excluding hydrogens is 1450 g/mol. The van der Waals surface area contributed by atoms with E-state index in [4.69, 9.17) is 20.7 Å². The molecule has 0 unspecified atom stereocenters. The fourth-order valence-corrected chi connectivity index (χ4v) is 12.7. The second kappa shape index (κ2) is 38.6. The molecule has 0 radical (unpaired) electrons. The maximum absolute atomic E-state index is 14.8. The number of nitrogens with one attached hydrogen (secondary N) is 4. The van der Waals surface area contributed by atoms with Crippen LogP contribution in [0.15, 0.2) is 286 Å². The van der Waals surface area contributed by atoms with Gasteiger partial charge in [-0.05, 0) is 171 Å². The SMILES string of the molecule is NC(=O)CNC(=O)CN(CCNC(=O)CN(CCNC(=O)CN(CCNC(=O)c1ccccc1)C(=O)Cc1ccc(-c2cc(-c3ccccn3)nc(-c3ccccn3)c2)cc1)C(=O)Cc1ccc(-c2cc(-c3ccccn3)nc(-c3ccccn3)c2)cc1)C(=O)Cc1ccc(-c2cc(-c3ccccn3)nc(-c3ccccn3)c2)cc1. The zero-order valence-electron chi connectivity index (χ0n) is 62.5. The van der Waals surface area contributed by atoms with Gasteiger partial charge in [-0.3, -0.25) is 68.3 Å². The van der Waals surface area contributed by atoms with Crippen LogP contribution < -0.4 is 27.0 Å². The fourth-order valence-electron chi connectivity index (χ4n) is 12.7. The normalized spacial score (nSPS) is 10.9. The Morgan fingerprint density at radius 3 is 0.800 bits per heavy atom. The molecule has 0 aliphatic heterocycles. The van der Waals surface area contributed by atoms with Gasteiger partial charge in [0.25, 0.3) is 5.91 Å². The standard InChI is InChI=1S/C90H79N17O8/c91-83(108)57-101-86(111)60-106(88(113)49-62-26-32-65(33-27-62)69-53-79(73-20-6-12-38-94-73)103-80(54-69)74-21-7-13-39-95-74)46-43-99-84(109)58-105(87(112)48-61-24-30-64(31-25-61)68-51-77(71-18-4-10-36-92-71)102-78(52-68)72-19-5-11-37-93-72)45-42-98-85(110)59-107(47-44-100-90(115)67-16-2-1-3-17-67)89(114)50-63-28-34-66(35-29-63)70-55-81(75-22-8-14-40-96-75)104-82(56-70)76-23-9-15-41-97-76/h1-41,51-56H,42-50,57-60H2,(H2,91,108)(H,98,110)(H,99,109)(H,100,115)(H,101,111). The van der Waals surface area contributed by atoms with Crippen LogP contribution >= 0.6 is 0 Å². The van der Waals surface area contributed by atoms with Gasteiger partial charge in [0.05, 0.1) is 114 Å². The summed E-state index contributed by atoms with van der Waals surface area (Å²) in [5.74, 6) is -4.38. The Bertz CT molecular complexity index is 5360. The lowest BCUT2D eigenvalue weighted by atomic mass is 10.0. The fraction of sp³-hybridized carbons (Fsp3) is 0.144. The predicted octanol–water partition coefficient (Wildman–Crippen LogP) is 10.0. The number of carbonyl (C=O) groups excluding carboxylic acids is 8. The Hall–Kier alpha value is -15.0. The van der Waals surface area contributed by atoms with Crippen molar-refractivity contribution in [3.05, 3.63) is 308 Å². The van der Waals surface area contributed by atoms with E-state index >= 15 is 0 Å². The van der Waals surface area contributed by atoms with E-state index in [1.807, 2.05) is 206 Å². The first-order valence-corrected chi connectivity index (χ1v) is 37.2. The van der Waals surface area contributed by atoms with E-state index in [9.17, 15) is 38.4 Å². The third-order valence-electron chi connectivity index (χ3n) is 18.6. The zero-order valence-corrected chi connectivity index (χ0v) is 62.5. The van der Waals surface area contributed by atoms with Crippen LogP contribution in [-0.4, -0.2) is 172 Å². The molecule has 9 aromatic heterocycles. The first kappa shape index (κ1) is 78.1. The summed E-state index contributed by atoms with van der Waals surface area (Å²) in [5, 5.41) is 11.0. The molecule has 572 valence electrons. The molecule has 25 nitrogen and oxygen atoms in total. The molecule has 25 heteroatoms. The Labute approximate surface area is 663 Å². The number of nitrogens with two attached hydrogens (primary N) is 1. The number of nitrogens with zero attached hydrogens (tertiary/aromatic N) is 12. The summed E-state index contributed by atoms with van der Waals surface area (Å²) >= 11 is 0. The second-order valence-corrected chi connectivity index (χ2v) is 26.8. The minimum Gasteiger partial charge on any atom is -0.368 e. The molecule has 115 heavy (non-hydrogen) atoms. The molecule has 0 saturated heterocycles. The highest BCUT2D eigenvalue weighted by atomic mass is 16.2. The highest BCUT2D eigenvalue weighted by Crippen LogP contribution is 2.33. The van der Waals surface area contributed by atoms with Crippen molar-refractivity contribution < 1.29 is 38.4 Å². The number of carbonyl (C=O) groups is 8. The van der Waals surface area contributed by atoms with Crippen molar-refractivity contribution in [2.45, 2.75) is 19.3 Å². The summed E-state index contributed by atoms with van der Waals surface area (Å²) in [6.07, 6.45) is 9.78. The molecule has 0 aliphatic carbocycles. The molecule has 13 aromatic rings. The number of benzene rings is 4. The van der Waals surface area contributed by atoms with Gasteiger partial charge in [0.1, 0.15) is 0 Å². The topological polar surface area (TPSA) is 336 Å². The molecule has 13 rings (SSSR count). The zero-order chi connectivity index (χ0) is 79.7. The van der Waals surface area contributed by atoms with E-state index < -0.39 is 67.5 Å². The van der Waals surface area contributed by atoms with Crippen LogP contribution in [0.2, 0.25) is 0 Å². The van der Waals surface area contributed by atoms with Crippen LogP contribution in [0.4, 0.5) is 0 Å². The molecule has 0 spiro atoms. The number of hydrogen-bond acceptors (Lipinski definition) is 17. The number of amides is 8. The van der Waals surface area contributed by atoms with E-state index in [1.54, 1.807) is 79.6 Å². The largest absolute Gasteiger partial charge is 0.368 e. The van der Waals surface area contributed by atoms with Gasteiger partial charge in [-0.25, -0.2) is 15.0 Å². The quantitative estimate of drug-likeness (QED) is 0.0255. The van der Waals surface area contributed by atoms with Gasteiger partial charge in [-0.15, -0.1) is 0 Å². The van der Waals surface area contributed by atoms with Crippen molar-refractivity contribution in [1.29, 1.82) is 0 Å². The van der Waals surface area contributed by atoms with Crippen LogP contribution in [0.1, 0.15) is 27.0 Å². The lowest BCUT2D eigenvalue weighted by molar-refractivity contribution is -0.137. The van der Waals surface area contributed by atoms with Gasteiger partial charge in [0.2, 0.25) is 41.4 Å². The molecule has 0 saturated carbocycles. The van der Waals surface area contributed by atoms with Gasteiger partial charge in [-0.2, -0.15) is 0 Å². The molecule has 0 fully saturated rings. The van der Waals surface area contributed by atoms with Crippen molar-refractivity contribution in [2.24, 2.45) is 5.73 Å². The van der Waals surface area contributed by atoms with E-state index in [0.717, 1.165) is 33.4 Å². The first-order valence-electron chi connectivity index (χ1n) is 37.2. The average Bonchev–Trinajstić information content (AvgIpc) is 0.811. The van der Waals surface area contributed by atoms with Gasteiger partial charge in [0, 0.05) is 82.0 Å². The van der Waals surface area contributed by atoms with Crippen molar-refractivity contribution >= 4 is 47.3 Å². The number of pyridine rings is 9. The molecule has 0 bridgehead atoms. The number of hydrogen-bond donors (Lipinski definition) is 5. The van der Waals surface area contributed by atoms with Crippen molar-refractivity contribution in [1.82, 2.24) is 80.8 Å². The smallest absolute Gasteiger partial charge is 0.251 e. The lowest BCUT2D eigenvalue weighted by Crippen LogP contribution is -2.49. The molecule has 0 aliphatic rings. The first-order chi connectivity index (χ1) is 56.2. The van der Waals surface area contributed by atoms with Crippen LogP contribution in [-0.2, 0) is 52.8 Å². The lowest BCUT2D eigenvalue weighted by Gasteiger charge is -2.25. The van der Waals surface area contributed by atoms with Crippen LogP contribution in [0.25, 0.3) is 102 Å². The summed E-state index contributed by atoms with van der Waals surface area (Å²) < 4.78 is 0. The molecule has 0 atom stereocenters. The third kappa shape index (κ3) is 21.9. The summed E-state index contributed by atoms with van der Waals surface area (Å²) in [7, 11) is 0. The number of aromatic nitrogens is 9. The summed E-state index contributed by atoms with van der Waals surface area (Å²) in [6.45, 7) is -2.59. The Morgan fingerprint density at radius 1 is 0.278 bits per heavy atom. The Kier molecular flexibility index (Phi) is 26.2. The summed E-state index contributed by atoms with van der Waals surface area (Å²) in [6, 6.07) is 76.0. The molecule has 9 heterocycles. The molecule has 4 aromatic carbocycles. The van der Waals surface area contributed by atoms with Gasteiger partial charge in [0.15, 0.2) is 0 Å². The maximum atomic E-state index is 14.8. The monoisotopic (exact) mass is 1530 g/mol. The van der Waals surface area contributed by atoms with Crippen molar-refractivity contribution in [3.63, 3.8) is 0 Å². The van der Waals surface area contributed by atoms with Crippen LogP contribution in [0.3, 0.4) is 0 Å². The second-order valence-electron chi connectivity index (χ2n) is 26.8. The maximum Gasteiger partial charge on any atom is 0.251 e. The highest BCUT2D eigenvalue weighted by molar-refractivity contribution is 5.94. The molecular formula is C90H79N17O8. The molecule has 6 N–H and O–H groups in total.